The Morgan fingerprint density at radius 3 is 2.80 bits per heavy atom. The highest BCUT2D eigenvalue weighted by Gasteiger charge is 2.07. The summed E-state index contributed by atoms with van der Waals surface area (Å²) >= 11 is 0. The summed E-state index contributed by atoms with van der Waals surface area (Å²) in [5.74, 6) is -0.462. The summed E-state index contributed by atoms with van der Waals surface area (Å²) in [4.78, 5) is 12.0. The molecule has 0 spiro atoms. The highest BCUT2D eigenvalue weighted by Crippen LogP contribution is 2.12. The summed E-state index contributed by atoms with van der Waals surface area (Å²) in [6.07, 6.45) is 1.70. The van der Waals surface area contributed by atoms with Crippen molar-refractivity contribution in [2.24, 2.45) is 0 Å². The molecule has 0 fully saturated rings. The van der Waals surface area contributed by atoms with Crippen LogP contribution in [0, 0.1) is 5.82 Å². The molecule has 0 aliphatic heterocycles. The van der Waals surface area contributed by atoms with Crippen LogP contribution in [0.15, 0.2) is 48.7 Å². The summed E-state index contributed by atoms with van der Waals surface area (Å²) in [5, 5.41) is 10.5. The quantitative estimate of drug-likeness (QED) is 0.768. The van der Waals surface area contributed by atoms with Crippen LogP contribution in [-0.4, -0.2) is 16.1 Å². The Morgan fingerprint density at radius 2 is 2.00 bits per heavy atom. The van der Waals surface area contributed by atoms with Gasteiger partial charge in [-0.3, -0.25) is 9.89 Å². The van der Waals surface area contributed by atoms with Crippen LogP contribution in [0.3, 0.4) is 0 Å². The predicted molar refractivity (Wildman–Crippen MR) is 73.7 cm³/mol. The first-order chi connectivity index (χ1) is 9.72. The monoisotopic (exact) mass is 269 g/mol. The van der Waals surface area contributed by atoms with E-state index in [2.05, 4.69) is 15.5 Å². The molecule has 5 heteroatoms. The number of amides is 1. The van der Waals surface area contributed by atoms with Gasteiger partial charge in [0.1, 0.15) is 5.82 Å². The molecular weight excluding hydrogens is 257 g/mol. The number of fused-ring (bicyclic) bond motifs is 1. The van der Waals surface area contributed by atoms with Crippen LogP contribution in [0.1, 0.15) is 15.9 Å². The number of aromatic amines is 1. The summed E-state index contributed by atoms with van der Waals surface area (Å²) in [6.45, 7) is 0.361. The van der Waals surface area contributed by atoms with E-state index in [-0.39, 0.29) is 11.7 Å². The number of carbonyl (C=O) groups is 1. The molecule has 1 heterocycles. The van der Waals surface area contributed by atoms with Gasteiger partial charge >= 0.3 is 0 Å². The van der Waals surface area contributed by atoms with Crippen LogP contribution in [0.2, 0.25) is 0 Å². The molecule has 0 bridgehead atoms. The van der Waals surface area contributed by atoms with Crippen molar-refractivity contribution in [3.8, 4) is 0 Å². The molecule has 0 unspecified atom stereocenters. The molecule has 0 radical (unpaired) electrons. The molecule has 3 aromatic rings. The smallest absolute Gasteiger partial charge is 0.251 e. The van der Waals surface area contributed by atoms with Gasteiger partial charge in [-0.05, 0) is 29.8 Å². The highest BCUT2D eigenvalue weighted by molar-refractivity contribution is 5.97. The molecule has 0 saturated heterocycles. The Labute approximate surface area is 114 Å². The SMILES string of the molecule is O=C(NCc1ccc(F)cc1)c1ccc2cn[nH]c2c1. The lowest BCUT2D eigenvalue weighted by Crippen LogP contribution is -2.22. The molecule has 4 nitrogen and oxygen atoms in total. The molecule has 0 saturated carbocycles. The van der Waals surface area contributed by atoms with E-state index in [4.69, 9.17) is 0 Å². The summed E-state index contributed by atoms with van der Waals surface area (Å²) < 4.78 is 12.8. The maximum absolute atomic E-state index is 12.8. The first-order valence-electron chi connectivity index (χ1n) is 6.18. The highest BCUT2D eigenvalue weighted by atomic mass is 19.1. The van der Waals surface area contributed by atoms with Crippen molar-refractivity contribution in [3.63, 3.8) is 0 Å². The van der Waals surface area contributed by atoms with E-state index in [1.165, 1.54) is 12.1 Å². The second kappa shape index (κ2) is 5.13. The fraction of sp³-hybridized carbons (Fsp3) is 0.0667. The maximum atomic E-state index is 12.8. The van der Waals surface area contributed by atoms with Crippen molar-refractivity contribution < 1.29 is 9.18 Å². The number of hydrogen-bond donors (Lipinski definition) is 2. The molecule has 2 aromatic carbocycles. The lowest BCUT2D eigenvalue weighted by molar-refractivity contribution is 0.0951. The molecule has 1 amide bonds. The van der Waals surface area contributed by atoms with Gasteiger partial charge in [-0.1, -0.05) is 18.2 Å². The summed E-state index contributed by atoms with van der Waals surface area (Å²) in [6, 6.07) is 11.4. The zero-order valence-electron chi connectivity index (χ0n) is 10.6. The fourth-order valence-corrected chi connectivity index (χ4v) is 1.96. The van der Waals surface area contributed by atoms with Gasteiger partial charge < -0.3 is 5.32 Å². The van der Waals surface area contributed by atoms with E-state index in [9.17, 15) is 9.18 Å². The molecule has 3 rings (SSSR count). The fourth-order valence-electron chi connectivity index (χ4n) is 1.96. The van der Waals surface area contributed by atoms with Crippen molar-refractivity contribution in [1.29, 1.82) is 0 Å². The van der Waals surface area contributed by atoms with Gasteiger partial charge in [0, 0.05) is 17.5 Å². The third-order valence-corrected chi connectivity index (χ3v) is 3.07. The zero-order valence-corrected chi connectivity index (χ0v) is 10.6. The molecule has 100 valence electrons. The Balaban J connectivity index is 1.70. The third kappa shape index (κ3) is 2.51. The van der Waals surface area contributed by atoms with Crippen molar-refractivity contribution in [2.45, 2.75) is 6.54 Å². The number of aromatic nitrogens is 2. The summed E-state index contributed by atoms with van der Waals surface area (Å²) in [5.41, 5.74) is 2.23. The molecule has 1 aromatic heterocycles. The van der Waals surface area contributed by atoms with E-state index in [0.29, 0.717) is 12.1 Å². The minimum Gasteiger partial charge on any atom is -0.348 e. The van der Waals surface area contributed by atoms with Crippen LogP contribution in [0.25, 0.3) is 10.9 Å². The molecule has 20 heavy (non-hydrogen) atoms. The molecule has 2 N–H and O–H groups in total. The van der Waals surface area contributed by atoms with E-state index in [0.717, 1.165) is 16.5 Å². The number of nitrogens with zero attached hydrogens (tertiary/aromatic N) is 1. The Kier molecular flexibility index (Phi) is 3.16. The minimum atomic E-state index is -0.287. The normalized spacial score (nSPS) is 10.7. The topological polar surface area (TPSA) is 57.8 Å². The lowest BCUT2D eigenvalue weighted by Gasteiger charge is -2.05. The van der Waals surface area contributed by atoms with Crippen LogP contribution < -0.4 is 5.32 Å². The van der Waals surface area contributed by atoms with Gasteiger partial charge in [-0.25, -0.2) is 4.39 Å². The number of H-pyrrole nitrogens is 1. The van der Waals surface area contributed by atoms with Crippen molar-refractivity contribution >= 4 is 16.8 Å². The number of rotatable bonds is 3. The van der Waals surface area contributed by atoms with Gasteiger partial charge in [0.05, 0.1) is 11.7 Å². The average molecular weight is 269 g/mol. The van der Waals surface area contributed by atoms with Crippen molar-refractivity contribution in [1.82, 2.24) is 15.5 Å². The van der Waals surface area contributed by atoms with Gasteiger partial charge in [-0.2, -0.15) is 5.10 Å². The van der Waals surface area contributed by atoms with E-state index >= 15 is 0 Å². The first-order valence-corrected chi connectivity index (χ1v) is 6.18. The Hall–Kier alpha value is -2.69. The van der Waals surface area contributed by atoms with Crippen molar-refractivity contribution in [2.75, 3.05) is 0 Å². The maximum Gasteiger partial charge on any atom is 0.251 e. The Morgan fingerprint density at radius 1 is 1.20 bits per heavy atom. The van der Waals surface area contributed by atoms with E-state index in [1.54, 1.807) is 30.5 Å². The van der Waals surface area contributed by atoms with Crippen LogP contribution in [0.4, 0.5) is 4.39 Å². The van der Waals surface area contributed by atoms with Gasteiger partial charge in [-0.15, -0.1) is 0 Å². The third-order valence-electron chi connectivity index (χ3n) is 3.07. The number of halogens is 1. The van der Waals surface area contributed by atoms with E-state index < -0.39 is 0 Å². The summed E-state index contributed by atoms with van der Waals surface area (Å²) in [7, 11) is 0. The second-order valence-corrected chi connectivity index (χ2v) is 4.48. The number of hydrogen-bond acceptors (Lipinski definition) is 2. The predicted octanol–water partition coefficient (Wildman–Crippen LogP) is 2.63. The van der Waals surface area contributed by atoms with Crippen LogP contribution >= 0.6 is 0 Å². The molecule has 0 atom stereocenters. The number of benzene rings is 2. The molecule has 0 aliphatic rings. The standard InChI is InChI=1S/C15H12FN3O/c16-13-5-1-10(2-6-13)8-17-15(20)11-3-4-12-9-18-19-14(12)7-11/h1-7,9H,8H2,(H,17,20)(H,18,19). The molecule has 0 aliphatic carbocycles. The second-order valence-electron chi connectivity index (χ2n) is 4.48. The Bertz CT molecular complexity index is 749. The largest absolute Gasteiger partial charge is 0.348 e. The average Bonchev–Trinajstić information content (AvgIpc) is 2.93. The van der Waals surface area contributed by atoms with Crippen LogP contribution in [0.5, 0.6) is 0 Å². The van der Waals surface area contributed by atoms with Crippen molar-refractivity contribution in [3.05, 3.63) is 65.6 Å². The van der Waals surface area contributed by atoms with E-state index in [1.807, 2.05) is 6.07 Å². The first kappa shape index (κ1) is 12.3. The van der Waals surface area contributed by atoms with Crippen LogP contribution in [-0.2, 0) is 6.54 Å². The van der Waals surface area contributed by atoms with Gasteiger partial charge in [0.2, 0.25) is 0 Å². The zero-order chi connectivity index (χ0) is 13.9. The van der Waals surface area contributed by atoms with Gasteiger partial charge in [0.25, 0.3) is 5.91 Å². The lowest BCUT2D eigenvalue weighted by atomic mass is 10.1. The minimum absolute atomic E-state index is 0.175. The van der Waals surface area contributed by atoms with Gasteiger partial charge in [0.15, 0.2) is 0 Å². The number of nitrogens with one attached hydrogen (secondary N) is 2. The number of carbonyl (C=O) groups excluding carboxylic acids is 1. The molecular formula is C15H12FN3O.